The minimum absolute atomic E-state index is 0.652. The molecule has 1 fully saturated rings. The summed E-state index contributed by atoms with van der Waals surface area (Å²) >= 11 is 1.63. The van der Waals surface area contributed by atoms with Gasteiger partial charge in [-0.15, -0.1) is 11.3 Å². The Kier molecular flexibility index (Phi) is 3.59. The number of carbonyl (C=O) groups is 1. The number of hydrogen-bond donors (Lipinski definition) is 2. The molecule has 1 aliphatic heterocycles. The first-order valence-electron chi connectivity index (χ1n) is 6.81. The lowest BCUT2D eigenvalue weighted by Crippen LogP contribution is -2.45. The second-order valence-corrected chi connectivity index (χ2v) is 6.08. The Labute approximate surface area is 122 Å². The number of hydrogen-bond acceptors (Lipinski definition) is 3. The number of thiophene rings is 1. The topological polar surface area (TPSA) is 49.3 Å². The van der Waals surface area contributed by atoms with E-state index in [1.54, 1.807) is 11.3 Å². The summed E-state index contributed by atoms with van der Waals surface area (Å²) < 4.78 is 0. The van der Waals surface area contributed by atoms with Crippen LogP contribution >= 0.6 is 11.3 Å². The van der Waals surface area contributed by atoms with Gasteiger partial charge in [0.25, 0.3) is 0 Å². The average Bonchev–Trinajstić information content (AvgIpc) is 2.98. The molecular formula is C16H17NO2S. The van der Waals surface area contributed by atoms with Crippen LogP contribution in [0.2, 0.25) is 0 Å². The summed E-state index contributed by atoms with van der Waals surface area (Å²) in [6, 6.07) is 12.1. The highest BCUT2D eigenvalue weighted by molar-refractivity contribution is 7.13. The first-order chi connectivity index (χ1) is 9.74. The van der Waals surface area contributed by atoms with Crippen LogP contribution < -0.4 is 5.32 Å². The molecule has 0 saturated carbocycles. The van der Waals surface area contributed by atoms with Gasteiger partial charge in [-0.05, 0) is 48.5 Å². The third-order valence-electron chi connectivity index (χ3n) is 4.08. The third-order valence-corrected chi connectivity index (χ3v) is 5.05. The Hall–Kier alpha value is -1.65. The molecule has 104 valence electrons. The number of carboxylic acids is 1. The highest BCUT2D eigenvalue weighted by atomic mass is 32.1. The van der Waals surface area contributed by atoms with E-state index < -0.39 is 11.4 Å². The van der Waals surface area contributed by atoms with E-state index in [4.69, 9.17) is 0 Å². The second-order valence-electron chi connectivity index (χ2n) is 5.17. The largest absolute Gasteiger partial charge is 0.481 e. The van der Waals surface area contributed by atoms with E-state index in [2.05, 4.69) is 5.32 Å². The Morgan fingerprint density at radius 2 is 1.85 bits per heavy atom. The summed E-state index contributed by atoms with van der Waals surface area (Å²) in [5.74, 6) is -0.699. The fourth-order valence-electron chi connectivity index (χ4n) is 2.95. The van der Waals surface area contributed by atoms with E-state index >= 15 is 0 Å². The fourth-order valence-corrected chi connectivity index (χ4v) is 3.95. The highest BCUT2D eigenvalue weighted by Gasteiger charge is 2.43. The predicted molar refractivity (Wildman–Crippen MR) is 81.2 cm³/mol. The van der Waals surface area contributed by atoms with E-state index in [1.807, 2.05) is 41.8 Å². The van der Waals surface area contributed by atoms with Gasteiger partial charge in [0.1, 0.15) is 0 Å². The maximum Gasteiger partial charge on any atom is 0.314 e. The summed E-state index contributed by atoms with van der Waals surface area (Å²) in [6.45, 7) is 1.52. The molecule has 3 nitrogen and oxygen atoms in total. The molecule has 0 amide bonds. The minimum Gasteiger partial charge on any atom is -0.481 e. The lowest BCUT2D eigenvalue weighted by Gasteiger charge is -2.34. The van der Waals surface area contributed by atoms with Crippen molar-refractivity contribution in [2.24, 2.45) is 0 Å². The lowest BCUT2D eigenvalue weighted by molar-refractivity contribution is -0.145. The molecular weight excluding hydrogens is 270 g/mol. The van der Waals surface area contributed by atoms with Gasteiger partial charge < -0.3 is 10.4 Å². The Balaban J connectivity index is 2.10. The summed E-state index contributed by atoms with van der Waals surface area (Å²) in [6.07, 6.45) is 1.30. The van der Waals surface area contributed by atoms with Gasteiger partial charge in [0.15, 0.2) is 0 Å². The van der Waals surface area contributed by atoms with Crippen LogP contribution in [0.5, 0.6) is 0 Å². The molecule has 0 aliphatic carbocycles. The van der Waals surface area contributed by atoms with Gasteiger partial charge in [0.05, 0.1) is 5.41 Å². The fraction of sp³-hybridized carbons (Fsp3) is 0.312. The molecule has 1 saturated heterocycles. The number of benzene rings is 1. The number of carboxylic acid groups (broad SMARTS) is 1. The Morgan fingerprint density at radius 1 is 1.15 bits per heavy atom. The number of piperidine rings is 1. The van der Waals surface area contributed by atoms with Gasteiger partial charge in [0.2, 0.25) is 0 Å². The van der Waals surface area contributed by atoms with Gasteiger partial charge in [-0.1, -0.05) is 30.3 Å². The van der Waals surface area contributed by atoms with Crippen LogP contribution in [0.1, 0.15) is 18.4 Å². The molecule has 2 aromatic rings. The monoisotopic (exact) mass is 287 g/mol. The molecule has 0 atom stereocenters. The highest BCUT2D eigenvalue weighted by Crippen LogP contribution is 2.42. The molecule has 0 bridgehead atoms. The van der Waals surface area contributed by atoms with Crippen LogP contribution in [0.25, 0.3) is 10.4 Å². The van der Waals surface area contributed by atoms with Gasteiger partial charge in [-0.25, -0.2) is 0 Å². The van der Waals surface area contributed by atoms with Gasteiger partial charge >= 0.3 is 5.97 Å². The first kappa shape index (κ1) is 13.3. The van der Waals surface area contributed by atoms with Gasteiger partial charge in [0, 0.05) is 4.88 Å². The summed E-state index contributed by atoms with van der Waals surface area (Å²) in [5, 5.41) is 15.1. The van der Waals surface area contributed by atoms with Gasteiger partial charge in [-0.3, -0.25) is 4.79 Å². The molecule has 0 radical (unpaired) electrons. The SMILES string of the molecule is O=C(O)C1(c2ccsc2-c2ccccc2)CCNCC1. The standard InChI is InChI=1S/C16H17NO2S/c18-15(19)16(7-9-17-10-8-16)13-6-11-20-14(13)12-4-2-1-3-5-12/h1-6,11,17H,7-10H2,(H,18,19). The van der Waals surface area contributed by atoms with E-state index in [-0.39, 0.29) is 0 Å². The van der Waals surface area contributed by atoms with Crippen molar-refractivity contribution in [3.05, 3.63) is 47.3 Å². The second kappa shape index (κ2) is 5.38. The van der Waals surface area contributed by atoms with E-state index in [0.717, 1.165) is 29.1 Å². The van der Waals surface area contributed by atoms with E-state index in [9.17, 15) is 9.90 Å². The van der Waals surface area contributed by atoms with Crippen LogP contribution in [0.3, 0.4) is 0 Å². The van der Waals surface area contributed by atoms with Crippen LogP contribution in [-0.4, -0.2) is 24.2 Å². The normalized spacial score (nSPS) is 17.8. The molecule has 1 aromatic heterocycles. The summed E-state index contributed by atoms with van der Waals surface area (Å²) in [7, 11) is 0. The predicted octanol–water partition coefficient (Wildman–Crippen LogP) is 3.12. The Bertz CT molecular complexity index is 600. The zero-order valence-electron chi connectivity index (χ0n) is 11.1. The molecule has 0 unspecified atom stereocenters. The van der Waals surface area contributed by atoms with Crippen molar-refractivity contribution in [2.75, 3.05) is 13.1 Å². The summed E-state index contributed by atoms with van der Waals surface area (Å²) in [4.78, 5) is 13.0. The average molecular weight is 287 g/mol. The smallest absolute Gasteiger partial charge is 0.314 e. The first-order valence-corrected chi connectivity index (χ1v) is 7.69. The zero-order chi connectivity index (χ0) is 14.0. The molecule has 2 N–H and O–H groups in total. The Morgan fingerprint density at radius 3 is 2.50 bits per heavy atom. The van der Waals surface area contributed by atoms with Crippen molar-refractivity contribution >= 4 is 17.3 Å². The third kappa shape index (κ3) is 2.15. The van der Waals surface area contributed by atoms with Crippen molar-refractivity contribution in [1.29, 1.82) is 0 Å². The molecule has 3 rings (SSSR count). The molecule has 1 aliphatic rings. The maximum atomic E-state index is 11.9. The van der Waals surface area contributed by atoms with E-state index in [0.29, 0.717) is 12.8 Å². The van der Waals surface area contributed by atoms with Crippen molar-refractivity contribution in [1.82, 2.24) is 5.32 Å². The lowest BCUT2D eigenvalue weighted by atomic mass is 9.73. The number of aliphatic carboxylic acids is 1. The van der Waals surface area contributed by atoms with Crippen molar-refractivity contribution in [2.45, 2.75) is 18.3 Å². The molecule has 4 heteroatoms. The quantitative estimate of drug-likeness (QED) is 0.912. The van der Waals surface area contributed by atoms with Crippen LogP contribution in [0.15, 0.2) is 41.8 Å². The van der Waals surface area contributed by atoms with Crippen molar-refractivity contribution in [3.8, 4) is 10.4 Å². The summed E-state index contributed by atoms with van der Waals surface area (Å²) in [5.41, 5.74) is 1.34. The number of nitrogens with one attached hydrogen (secondary N) is 1. The molecule has 0 spiro atoms. The van der Waals surface area contributed by atoms with Crippen LogP contribution in [0.4, 0.5) is 0 Å². The zero-order valence-corrected chi connectivity index (χ0v) is 12.0. The van der Waals surface area contributed by atoms with Crippen LogP contribution in [0, 0.1) is 0 Å². The molecule has 20 heavy (non-hydrogen) atoms. The van der Waals surface area contributed by atoms with Crippen molar-refractivity contribution in [3.63, 3.8) is 0 Å². The molecule has 1 aromatic carbocycles. The van der Waals surface area contributed by atoms with Crippen LogP contribution in [-0.2, 0) is 10.2 Å². The maximum absolute atomic E-state index is 11.9. The molecule has 2 heterocycles. The van der Waals surface area contributed by atoms with Gasteiger partial charge in [-0.2, -0.15) is 0 Å². The van der Waals surface area contributed by atoms with Crippen molar-refractivity contribution < 1.29 is 9.90 Å². The minimum atomic E-state index is -0.740. The number of rotatable bonds is 3. The van der Waals surface area contributed by atoms with E-state index in [1.165, 1.54) is 0 Å².